The molecule has 0 aromatic rings. The molecule has 28 nitrogen and oxygen atoms in total. The lowest BCUT2D eigenvalue weighted by molar-refractivity contribution is -0.000918. The third-order valence-corrected chi connectivity index (χ3v) is 61.4. The molecule has 0 saturated carbocycles. The van der Waals surface area contributed by atoms with E-state index in [0.717, 1.165) is 108 Å². The first kappa shape index (κ1) is 119. The zero-order chi connectivity index (χ0) is 82.6. The van der Waals surface area contributed by atoms with Crippen LogP contribution in [0.3, 0.4) is 0 Å². The first-order valence-electron chi connectivity index (χ1n) is 39.0. The SMILES string of the molecule is CCCCOCCO.CCCCOCCO.CCCCOCCO.CO[SiH2]C.C[SiH2]O[Si](C)(C)O[Si@@](C)(O[SiH2]C)O[Si](C)(C)O[Si](C)(C)CCCOCCO.C[SiH2]O[Si](C)(C)O[Si](OCO[Si](C)(C)CCCOCCO)(O[Si](C)(C)O[Si](C)(C)CCCOCCO)O[Si](C)(C)O[Si](C)(C)CCCOCCO. The molecule has 0 aliphatic heterocycles. The second-order valence-electron chi connectivity index (χ2n) is 29.3. The number of aliphatic hydroxyl groups excluding tert-OH is 7. The highest BCUT2D eigenvalue weighted by atomic mass is 28.5. The predicted octanol–water partition coefficient (Wildman–Crippen LogP) is 8.62. The Morgan fingerprint density at radius 3 is 0.726 bits per heavy atom. The highest BCUT2D eigenvalue weighted by Gasteiger charge is 2.60. The largest absolute Gasteiger partial charge is 0.654 e. The highest BCUT2D eigenvalue weighted by Crippen LogP contribution is 2.33. The molecule has 43 heteroatoms. The van der Waals surface area contributed by atoms with Crippen molar-refractivity contribution in [1.29, 1.82) is 0 Å². The number of rotatable bonds is 66. The van der Waals surface area contributed by atoms with Crippen molar-refractivity contribution in [3.05, 3.63) is 0 Å². The van der Waals surface area contributed by atoms with Crippen molar-refractivity contribution >= 4 is 133 Å². The number of unbranched alkanes of at least 4 members (excludes halogenated alkanes) is 3. The Kier molecular flexibility index (Phi) is 81.2. The monoisotopic (exact) mass is 1790 g/mol. The minimum Gasteiger partial charge on any atom is -0.442 e. The van der Waals surface area contributed by atoms with Gasteiger partial charge in [0, 0.05) is 59.9 Å². The topological polar surface area (TPSA) is 335 Å². The summed E-state index contributed by atoms with van der Waals surface area (Å²) in [6.45, 7) is 62.5. The fraction of sp³-hybridized carbons (Fsp3) is 1.00. The molecule has 0 aromatic heterocycles. The molecule has 0 aliphatic carbocycles. The van der Waals surface area contributed by atoms with Gasteiger partial charge < -0.3 is 127 Å². The molecule has 7 N–H and O–H groups in total. The van der Waals surface area contributed by atoms with Crippen molar-refractivity contribution in [2.75, 3.05) is 153 Å². The zero-order valence-corrected chi connectivity index (χ0v) is 89.1. The second-order valence-corrected chi connectivity index (χ2v) is 75.6. The molecule has 0 fully saturated rings. The quantitative estimate of drug-likeness (QED) is 0.0170. The Hall–Kier alpha value is 2.13. The molecular formula is C63H168O28Si15. The highest BCUT2D eigenvalue weighted by molar-refractivity contribution is 6.91. The van der Waals surface area contributed by atoms with Crippen LogP contribution >= 0.6 is 0 Å². The maximum absolute atomic E-state index is 9.06. The van der Waals surface area contributed by atoms with Crippen LogP contribution in [0.5, 0.6) is 0 Å². The van der Waals surface area contributed by atoms with Crippen LogP contribution in [0.1, 0.15) is 85.0 Å². The minimum atomic E-state index is -4.07. The van der Waals surface area contributed by atoms with Gasteiger partial charge in [0.05, 0.1) is 92.5 Å². The fourth-order valence-corrected chi connectivity index (χ4v) is 61.5. The standard InChI is InChI=1S/C29H76O14Si8.C14H42O7Si6.3C6H14O2.C2H8OSi/c1-44-38-48(8,9)41-51(37-29-36-45(2,3)26-14-20-33-23-17-30,42-49(10,11)39-46(4,5)27-15-21-34-24-18-31)43-50(12,13)40-47(6,7)28-16-22-35-25-19-32;1-22-17-25(5,6)20-27(9,18-23-2)21-26(7,8)19-24(3,4)14-10-12-16-13-11-15;3*1-2-3-5-8-6-4-7;1-3-4-2/h30-32H,14-29,44H2,1-13H3;15H,10-14,22-23H2,1-9H3;3*7H,2-6H2,1H3;4H2,1-2H3/t;27-;;;;/m.1..../s1. The smallest absolute Gasteiger partial charge is 0.442 e. The van der Waals surface area contributed by atoms with Crippen LogP contribution in [-0.2, 0) is 91.7 Å². The van der Waals surface area contributed by atoms with Gasteiger partial charge in [0.2, 0.25) is 0 Å². The summed E-state index contributed by atoms with van der Waals surface area (Å²) in [5.74, 6) is 0. The van der Waals surface area contributed by atoms with Crippen LogP contribution in [-0.4, -0.2) is 321 Å². The summed E-state index contributed by atoms with van der Waals surface area (Å²) in [6, 6.07) is 3.55. The van der Waals surface area contributed by atoms with Gasteiger partial charge >= 0.3 is 60.7 Å². The third kappa shape index (κ3) is 84.1. The van der Waals surface area contributed by atoms with E-state index in [1.807, 2.05) is 45.8 Å². The Bertz CT molecular complexity index is 1790. The molecule has 0 rings (SSSR count). The van der Waals surface area contributed by atoms with Gasteiger partial charge in [0.1, 0.15) is 36.1 Å². The summed E-state index contributed by atoms with van der Waals surface area (Å²) in [5.41, 5.74) is 0. The first-order chi connectivity index (χ1) is 49.4. The van der Waals surface area contributed by atoms with E-state index < -0.39 is 123 Å². The van der Waals surface area contributed by atoms with E-state index in [-0.39, 0.29) is 62.8 Å². The lowest BCUT2D eigenvalue weighted by Gasteiger charge is -2.45. The zero-order valence-electron chi connectivity index (χ0n) is 72.5. The molecule has 0 aliphatic rings. The van der Waals surface area contributed by atoms with Crippen molar-refractivity contribution in [3.8, 4) is 0 Å². The Morgan fingerprint density at radius 1 is 0.255 bits per heavy atom. The predicted molar refractivity (Wildman–Crippen MR) is 466 cm³/mol. The van der Waals surface area contributed by atoms with Crippen LogP contribution in [0, 0.1) is 0 Å². The van der Waals surface area contributed by atoms with Gasteiger partial charge in [-0.1, -0.05) is 66.2 Å². The van der Waals surface area contributed by atoms with Gasteiger partial charge in [0.15, 0.2) is 43.0 Å². The molecule has 0 radical (unpaired) electrons. The summed E-state index contributed by atoms with van der Waals surface area (Å²) < 4.78 is 127. The van der Waals surface area contributed by atoms with Gasteiger partial charge in [-0.25, -0.2) is 0 Å². The van der Waals surface area contributed by atoms with E-state index in [9.17, 15) is 0 Å². The lowest BCUT2D eigenvalue weighted by atomic mass is 10.4. The molecular weight excluding hydrogens is 1630 g/mol. The number of hydrogen-bond acceptors (Lipinski definition) is 28. The van der Waals surface area contributed by atoms with E-state index in [4.69, 9.17) is 123 Å². The van der Waals surface area contributed by atoms with Crippen molar-refractivity contribution < 1.29 is 127 Å². The fourth-order valence-electron chi connectivity index (χ4n) is 9.89. The molecule has 0 unspecified atom stereocenters. The van der Waals surface area contributed by atoms with Crippen molar-refractivity contribution in [1.82, 2.24) is 0 Å². The summed E-state index contributed by atoms with van der Waals surface area (Å²) >= 11 is 0. The maximum Gasteiger partial charge on any atom is 0.654 e. The normalized spacial score (nSPS) is 13.8. The maximum atomic E-state index is 9.06. The molecule has 106 heavy (non-hydrogen) atoms. The van der Waals surface area contributed by atoms with Gasteiger partial charge in [-0.2, -0.15) is 0 Å². The molecule has 648 valence electrons. The summed E-state index contributed by atoms with van der Waals surface area (Å²) in [7, 11) is -29.2. The number of aliphatic hydroxyl groups is 7. The van der Waals surface area contributed by atoms with Crippen molar-refractivity contribution in [2.24, 2.45) is 0 Å². The van der Waals surface area contributed by atoms with Crippen LogP contribution in [0.25, 0.3) is 0 Å². The summed E-state index contributed by atoms with van der Waals surface area (Å²) in [4.78, 5) is 0. The molecule has 0 amide bonds. The Labute approximate surface area is 668 Å². The van der Waals surface area contributed by atoms with E-state index in [1.54, 1.807) is 7.11 Å². The molecule has 0 aromatic carbocycles. The minimum absolute atomic E-state index is 0.00590. The van der Waals surface area contributed by atoms with Crippen molar-refractivity contribution in [2.45, 2.75) is 260 Å². The molecule has 0 saturated heterocycles. The average Bonchev–Trinajstić information content (AvgIpc) is 0.770. The van der Waals surface area contributed by atoms with E-state index in [2.05, 4.69) is 130 Å². The molecule has 0 spiro atoms. The number of hydrogen-bond donors (Lipinski definition) is 7. The second kappa shape index (κ2) is 72.4. The Balaban J connectivity index is -0.000000370. The number of ether oxygens (including phenoxy) is 7. The third-order valence-electron chi connectivity index (χ3n) is 13.8. The van der Waals surface area contributed by atoms with E-state index >= 15 is 0 Å². The Morgan fingerprint density at radius 2 is 0.481 bits per heavy atom. The van der Waals surface area contributed by atoms with Gasteiger partial charge in [0.25, 0.3) is 0 Å². The summed E-state index contributed by atoms with van der Waals surface area (Å²) in [5, 5.41) is 60.6. The van der Waals surface area contributed by atoms with Crippen LogP contribution in [0.15, 0.2) is 0 Å². The molecule has 1 atom stereocenters. The van der Waals surface area contributed by atoms with Gasteiger partial charge in [-0.15, -0.1) is 0 Å². The average molecular weight is 1800 g/mol. The van der Waals surface area contributed by atoms with Gasteiger partial charge in [-0.3, -0.25) is 0 Å². The first-order valence-corrected chi connectivity index (χ1v) is 77.4. The van der Waals surface area contributed by atoms with Crippen LogP contribution < -0.4 is 0 Å². The molecule has 0 bridgehead atoms. The van der Waals surface area contributed by atoms with Crippen LogP contribution in [0.2, 0.25) is 175 Å². The van der Waals surface area contributed by atoms with Crippen molar-refractivity contribution in [3.63, 3.8) is 0 Å². The summed E-state index contributed by atoms with van der Waals surface area (Å²) in [6.07, 6.45) is 10.2. The molecule has 0 heterocycles. The lowest BCUT2D eigenvalue weighted by Crippen LogP contribution is -2.67. The van der Waals surface area contributed by atoms with Gasteiger partial charge in [-0.05, 0) is 187 Å². The van der Waals surface area contributed by atoms with E-state index in [1.165, 1.54) is 0 Å². The van der Waals surface area contributed by atoms with E-state index in [0.29, 0.717) is 72.7 Å². The van der Waals surface area contributed by atoms with Crippen LogP contribution in [0.4, 0.5) is 0 Å².